The van der Waals surface area contributed by atoms with E-state index in [4.69, 9.17) is 19.9 Å². The van der Waals surface area contributed by atoms with Crippen molar-refractivity contribution in [2.45, 2.75) is 70.1 Å². The minimum atomic E-state index is -2.12. The normalized spacial score (nSPS) is 22.3. The molecule has 14 nitrogen and oxygen atoms in total. The zero-order chi connectivity index (χ0) is 31.3. The van der Waals surface area contributed by atoms with E-state index in [1.165, 1.54) is 10.6 Å². The number of amides is 2. The first-order valence-electron chi connectivity index (χ1n) is 13.8. The molecule has 0 aliphatic carbocycles. The fraction of sp³-hybridized carbons (Fsp3) is 0.448. The standard InChI is InChI=1S/C29H35N7O7/c1-16(2)23(31)27(39)42-24-20(13-41-22(37)12-18-8-6-5-7-9-18)43-29(14-30,25(24)38)21-11-10-19-26(32-15-33-36(19)21)35-28(40)34-17(3)4/h5-11,15-17,20,23-25,38H,12-13,31H2,1-4H3,(H2,32,33,34,35,40)/t20-,23+,24-,25-,29+/m1/s1. The monoisotopic (exact) mass is 593 g/mol. The highest BCUT2D eigenvalue weighted by Gasteiger charge is 2.60. The van der Waals surface area contributed by atoms with Gasteiger partial charge in [-0.1, -0.05) is 44.2 Å². The molecule has 1 saturated heterocycles. The van der Waals surface area contributed by atoms with Crippen molar-refractivity contribution in [1.82, 2.24) is 19.9 Å². The molecular formula is C29H35N7O7. The molecule has 0 radical (unpaired) electrons. The third-order valence-corrected chi connectivity index (χ3v) is 6.92. The minimum absolute atomic E-state index is 0.0252. The van der Waals surface area contributed by atoms with Crippen LogP contribution in [0.1, 0.15) is 39.0 Å². The van der Waals surface area contributed by atoms with Gasteiger partial charge < -0.3 is 30.4 Å². The Bertz CT molecular complexity index is 1500. The van der Waals surface area contributed by atoms with Gasteiger partial charge in [-0.15, -0.1) is 0 Å². The second-order valence-corrected chi connectivity index (χ2v) is 10.8. The van der Waals surface area contributed by atoms with Gasteiger partial charge >= 0.3 is 18.0 Å². The van der Waals surface area contributed by atoms with Crippen LogP contribution in [0.15, 0.2) is 48.8 Å². The molecule has 2 aromatic heterocycles. The van der Waals surface area contributed by atoms with E-state index in [-0.39, 0.29) is 29.9 Å². The van der Waals surface area contributed by atoms with Crippen molar-refractivity contribution in [3.63, 3.8) is 0 Å². The summed E-state index contributed by atoms with van der Waals surface area (Å²) in [4.78, 5) is 41.9. The van der Waals surface area contributed by atoms with Crippen LogP contribution in [0.25, 0.3) is 5.52 Å². The molecule has 1 aromatic carbocycles. The number of nitrogens with one attached hydrogen (secondary N) is 2. The molecule has 1 aliphatic rings. The van der Waals surface area contributed by atoms with Gasteiger partial charge in [-0.05, 0) is 37.5 Å². The maximum absolute atomic E-state index is 12.9. The smallest absolute Gasteiger partial charge is 0.323 e. The van der Waals surface area contributed by atoms with E-state index in [1.807, 2.05) is 12.1 Å². The number of nitrogens with zero attached hydrogens (tertiary/aromatic N) is 4. The van der Waals surface area contributed by atoms with Crippen molar-refractivity contribution < 1.29 is 33.7 Å². The maximum Gasteiger partial charge on any atom is 0.323 e. The zero-order valence-electron chi connectivity index (χ0n) is 24.3. The molecule has 1 aliphatic heterocycles. The number of esters is 2. The summed E-state index contributed by atoms with van der Waals surface area (Å²) < 4.78 is 18.4. The van der Waals surface area contributed by atoms with Crippen molar-refractivity contribution in [2.75, 3.05) is 11.9 Å². The van der Waals surface area contributed by atoms with E-state index in [9.17, 15) is 24.8 Å². The van der Waals surface area contributed by atoms with E-state index in [1.54, 1.807) is 58.0 Å². The molecule has 0 unspecified atom stereocenters. The number of carbonyl (C=O) groups is 3. The Labute approximate surface area is 248 Å². The van der Waals surface area contributed by atoms with Crippen LogP contribution in [0.3, 0.4) is 0 Å². The molecule has 5 N–H and O–H groups in total. The lowest BCUT2D eigenvalue weighted by molar-refractivity contribution is -0.162. The summed E-state index contributed by atoms with van der Waals surface area (Å²) in [6.07, 6.45) is -3.27. The lowest BCUT2D eigenvalue weighted by Crippen LogP contribution is -2.46. The molecule has 1 fully saturated rings. The van der Waals surface area contributed by atoms with E-state index >= 15 is 0 Å². The highest BCUT2D eigenvalue weighted by molar-refractivity contribution is 5.92. The molecule has 0 saturated carbocycles. The fourth-order valence-corrected chi connectivity index (χ4v) is 4.63. The van der Waals surface area contributed by atoms with Gasteiger partial charge in [-0.3, -0.25) is 14.9 Å². The number of carbonyl (C=O) groups excluding carboxylic acids is 3. The van der Waals surface area contributed by atoms with Crippen LogP contribution in [-0.2, 0) is 35.8 Å². The van der Waals surface area contributed by atoms with E-state index < -0.39 is 54.5 Å². The van der Waals surface area contributed by atoms with Crippen LogP contribution in [0.4, 0.5) is 10.6 Å². The Balaban J connectivity index is 1.65. The Morgan fingerprint density at radius 2 is 1.91 bits per heavy atom. The van der Waals surface area contributed by atoms with Gasteiger partial charge in [0.25, 0.3) is 0 Å². The number of nitrogens with two attached hydrogens (primary N) is 1. The number of nitriles is 1. The van der Waals surface area contributed by atoms with E-state index in [2.05, 4.69) is 20.7 Å². The summed E-state index contributed by atoms with van der Waals surface area (Å²) in [7, 11) is 0. The predicted molar refractivity (Wildman–Crippen MR) is 152 cm³/mol. The van der Waals surface area contributed by atoms with Crippen LogP contribution < -0.4 is 16.4 Å². The molecule has 5 atom stereocenters. The van der Waals surface area contributed by atoms with Crippen LogP contribution in [0.5, 0.6) is 0 Å². The molecule has 4 rings (SSSR count). The van der Waals surface area contributed by atoms with Crippen molar-refractivity contribution >= 4 is 29.3 Å². The number of aliphatic hydroxyl groups excluding tert-OH is 1. The molecular weight excluding hydrogens is 558 g/mol. The Kier molecular flexibility index (Phi) is 9.59. The average molecular weight is 594 g/mol. The molecule has 0 bridgehead atoms. The molecule has 14 heteroatoms. The van der Waals surface area contributed by atoms with Crippen LogP contribution in [0, 0.1) is 17.2 Å². The van der Waals surface area contributed by atoms with Gasteiger partial charge in [-0.2, -0.15) is 10.4 Å². The van der Waals surface area contributed by atoms with Gasteiger partial charge in [0.05, 0.1) is 12.1 Å². The average Bonchev–Trinajstić information content (AvgIpc) is 3.52. The van der Waals surface area contributed by atoms with Gasteiger partial charge in [0.2, 0.25) is 5.60 Å². The summed E-state index contributed by atoms with van der Waals surface area (Å²) >= 11 is 0. The number of rotatable bonds is 10. The highest BCUT2D eigenvalue weighted by Crippen LogP contribution is 2.42. The molecule has 2 amide bonds. The summed E-state index contributed by atoms with van der Waals surface area (Å²) in [5, 5.41) is 31.5. The number of urea groups is 1. The Morgan fingerprint density at radius 1 is 1.19 bits per heavy atom. The second-order valence-electron chi connectivity index (χ2n) is 10.8. The first-order valence-corrected chi connectivity index (χ1v) is 13.8. The predicted octanol–water partition coefficient (Wildman–Crippen LogP) is 1.42. The number of ether oxygens (including phenoxy) is 3. The SMILES string of the molecule is CC(C)NC(=O)Nc1ncnn2c([C@]3(C#N)O[C@H](COC(=O)Cc4ccccc4)[C@@H](OC(=O)[C@@H](N)C(C)C)[C@H]3O)ccc12. The topological polar surface area (TPSA) is 203 Å². The van der Waals surface area contributed by atoms with Crippen LogP contribution in [-0.4, -0.2) is 74.7 Å². The highest BCUT2D eigenvalue weighted by atomic mass is 16.6. The van der Waals surface area contributed by atoms with E-state index in [0.29, 0.717) is 5.52 Å². The fourth-order valence-electron chi connectivity index (χ4n) is 4.63. The van der Waals surface area contributed by atoms with Crippen molar-refractivity contribution in [2.24, 2.45) is 11.7 Å². The van der Waals surface area contributed by atoms with Gasteiger partial charge in [-0.25, -0.2) is 14.3 Å². The molecule has 0 spiro atoms. The van der Waals surface area contributed by atoms with Gasteiger partial charge in [0, 0.05) is 6.04 Å². The molecule has 228 valence electrons. The first kappa shape index (κ1) is 31.4. The lowest BCUT2D eigenvalue weighted by atomic mass is 9.92. The van der Waals surface area contributed by atoms with Gasteiger partial charge in [0.1, 0.15) is 42.8 Å². The first-order chi connectivity index (χ1) is 20.5. The van der Waals surface area contributed by atoms with Gasteiger partial charge in [0.15, 0.2) is 11.9 Å². The van der Waals surface area contributed by atoms with Crippen molar-refractivity contribution in [1.29, 1.82) is 5.26 Å². The Morgan fingerprint density at radius 3 is 2.56 bits per heavy atom. The number of anilines is 1. The lowest BCUT2D eigenvalue weighted by Gasteiger charge is -2.25. The number of aromatic nitrogens is 3. The minimum Gasteiger partial charge on any atom is -0.463 e. The van der Waals surface area contributed by atoms with Crippen LogP contribution in [0.2, 0.25) is 0 Å². The number of aliphatic hydroxyl groups is 1. The summed E-state index contributed by atoms with van der Waals surface area (Å²) in [5.41, 5.74) is 4.96. The molecule has 3 heterocycles. The van der Waals surface area contributed by atoms with Crippen LogP contribution >= 0.6 is 0 Å². The number of hydrogen-bond acceptors (Lipinski definition) is 11. The number of fused-ring (bicyclic) bond motifs is 1. The molecule has 43 heavy (non-hydrogen) atoms. The quantitative estimate of drug-likeness (QED) is 0.248. The molecule has 3 aromatic rings. The Hall–Kier alpha value is -4.58. The van der Waals surface area contributed by atoms with Crippen molar-refractivity contribution in [3.05, 3.63) is 60.0 Å². The van der Waals surface area contributed by atoms with E-state index in [0.717, 1.165) is 11.9 Å². The number of hydrogen-bond donors (Lipinski definition) is 4. The summed E-state index contributed by atoms with van der Waals surface area (Å²) in [6, 6.07) is 12.3. The number of benzene rings is 1. The largest absolute Gasteiger partial charge is 0.463 e. The zero-order valence-corrected chi connectivity index (χ0v) is 24.3. The second kappa shape index (κ2) is 13.2. The van der Waals surface area contributed by atoms with Crippen molar-refractivity contribution in [3.8, 4) is 6.07 Å². The summed E-state index contributed by atoms with van der Waals surface area (Å²) in [5.74, 6) is -1.54. The summed E-state index contributed by atoms with van der Waals surface area (Å²) in [6.45, 7) is 6.63. The third-order valence-electron chi connectivity index (χ3n) is 6.92. The third kappa shape index (κ3) is 6.75. The maximum atomic E-state index is 12.9.